The highest BCUT2D eigenvalue weighted by Crippen LogP contribution is 2.27. The van der Waals surface area contributed by atoms with Crippen LogP contribution in [-0.2, 0) is 16.6 Å². The maximum Gasteiger partial charge on any atom is 0.261 e. The van der Waals surface area contributed by atoms with Crippen molar-refractivity contribution >= 4 is 20.9 Å². The second-order valence-corrected chi connectivity index (χ2v) is 9.24. The van der Waals surface area contributed by atoms with Gasteiger partial charge in [-0.05, 0) is 44.5 Å². The quantitative estimate of drug-likeness (QED) is 0.476. The topological polar surface area (TPSA) is 72.3 Å². The molecule has 0 N–H and O–H groups in total. The number of hydrogen-bond donors (Lipinski definition) is 0. The number of sulfonamides is 1. The van der Waals surface area contributed by atoms with Crippen LogP contribution in [-0.4, -0.2) is 28.8 Å². The number of nitrogens with zero attached hydrogens (tertiary/aromatic N) is 3. The number of para-hydroxylation sites is 1. The minimum atomic E-state index is -3.74. The van der Waals surface area contributed by atoms with Gasteiger partial charge in [0, 0.05) is 13.1 Å². The molecule has 0 aliphatic rings. The highest BCUT2D eigenvalue weighted by Gasteiger charge is 2.32. The molecule has 0 spiro atoms. The van der Waals surface area contributed by atoms with Crippen LogP contribution >= 0.6 is 0 Å². The SMILES string of the molecule is CCCCCN(C(C)c1nc2ccccc2c(=O)n1CC)S(=O)(=O)c1ccccc1. The number of rotatable bonds is 9. The van der Waals surface area contributed by atoms with Crippen LogP contribution in [0.2, 0.25) is 0 Å². The van der Waals surface area contributed by atoms with Crippen molar-refractivity contribution in [2.45, 2.75) is 57.5 Å². The van der Waals surface area contributed by atoms with Gasteiger partial charge in [0.05, 0.1) is 21.8 Å². The van der Waals surface area contributed by atoms with Crippen LogP contribution in [0.4, 0.5) is 0 Å². The van der Waals surface area contributed by atoms with E-state index in [4.69, 9.17) is 4.98 Å². The molecule has 0 saturated heterocycles. The van der Waals surface area contributed by atoms with Gasteiger partial charge in [0.1, 0.15) is 5.82 Å². The lowest BCUT2D eigenvalue weighted by molar-refractivity contribution is 0.314. The molecule has 1 unspecified atom stereocenters. The van der Waals surface area contributed by atoms with Gasteiger partial charge in [0.15, 0.2) is 0 Å². The molecule has 30 heavy (non-hydrogen) atoms. The van der Waals surface area contributed by atoms with E-state index in [1.54, 1.807) is 47.0 Å². The Morgan fingerprint density at radius 2 is 1.67 bits per heavy atom. The molecule has 3 rings (SSSR count). The van der Waals surface area contributed by atoms with Crippen molar-refractivity contribution in [2.75, 3.05) is 6.54 Å². The maximum absolute atomic E-state index is 13.5. The second-order valence-electron chi connectivity index (χ2n) is 7.35. The Balaban J connectivity index is 2.13. The molecule has 160 valence electrons. The van der Waals surface area contributed by atoms with E-state index < -0.39 is 16.1 Å². The summed E-state index contributed by atoms with van der Waals surface area (Å²) in [4.78, 5) is 18.0. The summed E-state index contributed by atoms with van der Waals surface area (Å²) in [5.74, 6) is 0.470. The molecule has 0 saturated carbocycles. The Hall–Kier alpha value is -2.51. The first-order valence-corrected chi connectivity index (χ1v) is 11.9. The van der Waals surface area contributed by atoms with E-state index in [1.807, 2.05) is 26.0 Å². The fourth-order valence-corrected chi connectivity index (χ4v) is 5.36. The number of fused-ring (bicyclic) bond motifs is 1. The Bertz CT molecular complexity index is 1160. The van der Waals surface area contributed by atoms with Crippen molar-refractivity contribution in [3.63, 3.8) is 0 Å². The fraction of sp³-hybridized carbons (Fsp3) is 0.391. The predicted octanol–water partition coefficient (Wildman–Crippen LogP) is 4.36. The summed E-state index contributed by atoms with van der Waals surface area (Å²) in [5, 5.41) is 0.541. The monoisotopic (exact) mass is 427 g/mol. The van der Waals surface area contributed by atoms with Gasteiger partial charge in [-0.15, -0.1) is 0 Å². The summed E-state index contributed by atoms with van der Waals surface area (Å²) in [6, 6.07) is 15.1. The summed E-state index contributed by atoms with van der Waals surface area (Å²) in [6.07, 6.45) is 2.66. The van der Waals surface area contributed by atoms with Crippen LogP contribution in [0.1, 0.15) is 51.9 Å². The highest BCUT2D eigenvalue weighted by atomic mass is 32.2. The standard InChI is InChI=1S/C23H29N3O3S/c1-4-6-12-17-26(30(28,29)19-13-8-7-9-14-19)18(3)22-24-21-16-11-10-15-20(21)23(27)25(22)5-2/h7-11,13-16,18H,4-6,12,17H2,1-3H3. The van der Waals surface area contributed by atoms with Gasteiger partial charge in [-0.1, -0.05) is 50.1 Å². The summed E-state index contributed by atoms with van der Waals surface area (Å²) < 4.78 is 30.1. The van der Waals surface area contributed by atoms with Gasteiger partial charge >= 0.3 is 0 Å². The zero-order valence-corrected chi connectivity index (χ0v) is 18.6. The second kappa shape index (κ2) is 9.53. The summed E-state index contributed by atoms with van der Waals surface area (Å²) in [5.41, 5.74) is 0.440. The van der Waals surface area contributed by atoms with Gasteiger partial charge < -0.3 is 0 Å². The molecule has 6 nitrogen and oxygen atoms in total. The lowest BCUT2D eigenvalue weighted by atomic mass is 10.2. The third-order valence-electron chi connectivity index (χ3n) is 5.34. The van der Waals surface area contributed by atoms with Crippen molar-refractivity contribution < 1.29 is 8.42 Å². The third kappa shape index (κ3) is 4.32. The smallest absolute Gasteiger partial charge is 0.261 e. The van der Waals surface area contributed by atoms with Crippen LogP contribution in [0.25, 0.3) is 10.9 Å². The van der Waals surface area contributed by atoms with Crippen molar-refractivity contribution in [1.82, 2.24) is 13.9 Å². The van der Waals surface area contributed by atoms with E-state index in [1.165, 1.54) is 4.31 Å². The third-order valence-corrected chi connectivity index (χ3v) is 7.33. The van der Waals surface area contributed by atoms with Crippen molar-refractivity contribution in [1.29, 1.82) is 0 Å². The van der Waals surface area contributed by atoms with Crippen molar-refractivity contribution in [3.05, 3.63) is 70.8 Å². The molecule has 0 amide bonds. The first-order valence-electron chi connectivity index (χ1n) is 10.5. The molecule has 0 fully saturated rings. The molecule has 3 aromatic rings. The Morgan fingerprint density at radius 1 is 1.00 bits per heavy atom. The van der Waals surface area contributed by atoms with E-state index in [9.17, 15) is 13.2 Å². The van der Waals surface area contributed by atoms with Crippen molar-refractivity contribution in [3.8, 4) is 0 Å². The van der Waals surface area contributed by atoms with Gasteiger partial charge in [-0.3, -0.25) is 9.36 Å². The highest BCUT2D eigenvalue weighted by molar-refractivity contribution is 7.89. The molecule has 1 atom stereocenters. The van der Waals surface area contributed by atoms with Crippen LogP contribution in [0.3, 0.4) is 0 Å². The zero-order chi connectivity index (χ0) is 21.7. The molecule has 0 radical (unpaired) electrons. The number of aromatic nitrogens is 2. The summed E-state index contributed by atoms with van der Waals surface area (Å²) in [6.45, 7) is 6.57. The van der Waals surface area contributed by atoms with Crippen LogP contribution in [0.5, 0.6) is 0 Å². The molecular formula is C23H29N3O3S. The average Bonchev–Trinajstić information content (AvgIpc) is 2.76. The number of unbranched alkanes of at least 4 members (excludes halogenated alkanes) is 2. The van der Waals surface area contributed by atoms with Crippen LogP contribution in [0, 0.1) is 0 Å². The lowest BCUT2D eigenvalue weighted by Gasteiger charge is -2.29. The minimum absolute atomic E-state index is 0.143. The molecule has 0 aliphatic carbocycles. The largest absolute Gasteiger partial charge is 0.295 e. The molecular weight excluding hydrogens is 398 g/mol. The first-order chi connectivity index (χ1) is 14.4. The normalized spacial score (nSPS) is 13.1. The fourth-order valence-electron chi connectivity index (χ4n) is 3.71. The number of hydrogen-bond acceptors (Lipinski definition) is 4. The van der Waals surface area contributed by atoms with Crippen molar-refractivity contribution in [2.24, 2.45) is 0 Å². The molecule has 2 aromatic carbocycles. The maximum atomic E-state index is 13.5. The minimum Gasteiger partial charge on any atom is -0.295 e. The number of benzene rings is 2. The first kappa shape index (κ1) is 22.2. The van der Waals surface area contributed by atoms with Gasteiger partial charge in [-0.25, -0.2) is 13.4 Å². The van der Waals surface area contributed by atoms with Gasteiger partial charge in [0.25, 0.3) is 5.56 Å². The summed E-state index contributed by atoms with van der Waals surface area (Å²) >= 11 is 0. The zero-order valence-electron chi connectivity index (χ0n) is 17.8. The summed E-state index contributed by atoms with van der Waals surface area (Å²) in [7, 11) is -3.74. The van der Waals surface area contributed by atoms with Crippen LogP contribution < -0.4 is 5.56 Å². The Kier molecular flexibility index (Phi) is 7.05. The van der Waals surface area contributed by atoms with E-state index >= 15 is 0 Å². The lowest BCUT2D eigenvalue weighted by Crippen LogP contribution is -2.38. The van der Waals surface area contributed by atoms with E-state index in [-0.39, 0.29) is 10.5 Å². The van der Waals surface area contributed by atoms with Gasteiger partial charge in [0.2, 0.25) is 10.0 Å². The molecule has 1 heterocycles. The van der Waals surface area contributed by atoms with E-state index in [2.05, 4.69) is 6.92 Å². The molecule has 1 aromatic heterocycles. The molecule has 7 heteroatoms. The molecule has 0 aliphatic heterocycles. The molecule has 0 bridgehead atoms. The van der Waals surface area contributed by atoms with Gasteiger partial charge in [-0.2, -0.15) is 4.31 Å². The average molecular weight is 428 g/mol. The van der Waals surface area contributed by atoms with E-state index in [0.29, 0.717) is 29.8 Å². The predicted molar refractivity (Wildman–Crippen MR) is 120 cm³/mol. The Labute approximate surface area is 178 Å². The Morgan fingerprint density at radius 3 is 2.33 bits per heavy atom. The van der Waals surface area contributed by atoms with Crippen LogP contribution in [0.15, 0.2) is 64.3 Å². The van der Waals surface area contributed by atoms with E-state index in [0.717, 1.165) is 19.3 Å².